The lowest BCUT2D eigenvalue weighted by molar-refractivity contribution is 0.0527. The Labute approximate surface area is 121 Å². The minimum absolute atomic E-state index is 0.307. The number of carbonyl (C=O) groups is 1. The van der Waals surface area contributed by atoms with Gasteiger partial charge in [0, 0.05) is 4.88 Å². The summed E-state index contributed by atoms with van der Waals surface area (Å²) < 4.78 is 5.00. The predicted octanol–water partition coefficient (Wildman–Crippen LogP) is 2.22. The molecule has 2 heterocycles. The molecule has 0 fully saturated rings. The smallest absolute Gasteiger partial charge is 0.341 e. The Hall–Kier alpha value is -2.15. The number of ether oxygens (including phenoxy) is 1. The Balaban J connectivity index is 2.18. The van der Waals surface area contributed by atoms with Gasteiger partial charge in [-0.05, 0) is 19.9 Å². The van der Waals surface area contributed by atoms with E-state index in [1.54, 1.807) is 29.8 Å². The lowest BCUT2D eigenvalue weighted by atomic mass is 10.2. The van der Waals surface area contributed by atoms with Crippen molar-refractivity contribution in [2.45, 2.75) is 20.4 Å². The second-order valence-electron chi connectivity index (χ2n) is 4.10. The van der Waals surface area contributed by atoms with Crippen LogP contribution in [0.2, 0.25) is 0 Å². The van der Waals surface area contributed by atoms with Crippen LogP contribution < -0.4 is 11.1 Å². The fourth-order valence-electron chi connectivity index (χ4n) is 1.65. The third kappa shape index (κ3) is 3.24. The number of carbonyl (C=O) groups excluding carboxylic acids is 1. The normalized spacial score (nSPS) is 10.3. The van der Waals surface area contributed by atoms with Gasteiger partial charge in [0.2, 0.25) is 0 Å². The maximum Gasteiger partial charge on any atom is 0.341 e. The third-order valence-electron chi connectivity index (χ3n) is 2.67. The summed E-state index contributed by atoms with van der Waals surface area (Å²) in [5.41, 5.74) is 9.19. The van der Waals surface area contributed by atoms with Crippen molar-refractivity contribution in [3.8, 4) is 0 Å². The second-order valence-corrected chi connectivity index (χ2v) is 5.04. The standard InChI is InChI=1S/C13H16N4O2S/c1-3-19-13(18)10-4-9(14)5-15-12(10)16-6-11-8(2)17-7-20-11/h4-5,7H,3,6,14H2,1-2H3,(H,15,16). The first-order chi connectivity index (χ1) is 9.61. The maximum absolute atomic E-state index is 11.9. The van der Waals surface area contributed by atoms with Gasteiger partial charge in [-0.2, -0.15) is 0 Å². The number of pyridine rings is 1. The Bertz CT molecular complexity index is 612. The number of thiazole rings is 1. The van der Waals surface area contributed by atoms with E-state index in [2.05, 4.69) is 15.3 Å². The number of anilines is 2. The largest absolute Gasteiger partial charge is 0.462 e. The van der Waals surface area contributed by atoms with E-state index in [9.17, 15) is 4.79 Å². The fourth-order valence-corrected chi connectivity index (χ4v) is 2.36. The molecule has 0 atom stereocenters. The molecular weight excluding hydrogens is 276 g/mol. The Morgan fingerprint density at radius 1 is 1.50 bits per heavy atom. The van der Waals surface area contributed by atoms with Crippen LogP contribution in [0, 0.1) is 6.92 Å². The highest BCUT2D eigenvalue weighted by Gasteiger charge is 2.15. The van der Waals surface area contributed by atoms with Crippen molar-refractivity contribution >= 4 is 28.8 Å². The van der Waals surface area contributed by atoms with Crippen LogP contribution in [0.15, 0.2) is 17.8 Å². The molecule has 0 bridgehead atoms. The molecule has 6 nitrogen and oxygen atoms in total. The van der Waals surface area contributed by atoms with Gasteiger partial charge in [0.05, 0.1) is 36.2 Å². The molecule has 0 unspecified atom stereocenters. The minimum Gasteiger partial charge on any atom is -0.462 e. The zero-order valence-corrected chi connectivity index (χ0v) is 12.2. The number of hydrogen-bond donors (Lipinski definition) is 2. The number of aromatic nitrogens is 2. The number of esters is 1. The summed E-state index contributed by atoms with van der Waals surface area (Å²) in [5, 5.41) is 3.13. The molecule has 0 aliphatic rings. The van der Waals surface area contributed by atoms with Gasteiger partial charge in [0.25, 0.3) is 0 Å². The molecule has 106 valence electrons. The van der Waals surface area contributed by atoms with E-state index in [0.717, 1.165) is 10.6 Å². The van der Waals surface area contributed by atoms with Crippen molar-refractivity contribution in [3.63, 3.8) is 0 Å². The number of nitrogens with two attached hydrogens (primary N) is 1. The summed E-state index contributed by atoms with van der Waals surface area (Å²) in [7, 11) is 0. The monoisotopic (exact) mass is 292 g/mol. The van der Waals surface area contributed by atoms with Gasteiger partial charge in [-0.3, -0.25) is 0 Å². The van der Waals surface area contributed by atoms with Gasteiger partial charge >= 0.3 is 5.97 Å². The van der Waals surface area contributed by atoms with Crippen LogP contribution in [-0.4, -0.2) is 22.5 Å². The zero-order valence-electron chi connectivity index (χ0n) is 11.3. The fraction of sp³-hybridized carbons (Fsp3) is 0.308. The molecule has 20 heavy (non-hydrogen) atoms. The van der Waals surface area contributed by atoms with Crippen molar-refractivity contribution in [1.82, 2.24) is 9.97 Å². The second kappa shape index (κ2) is 6.33. The molecule has 0 amide bonds. The molecular formula is C13H16N4O2S. The molecule has 0 saturated heterocycles. The van der Waals surface area contributed by atoms with Crippen LogP contribution in [-0.2, 0) is 11.3 Å². The average molecular weight is 292 g/mol. The minimum atomic E-state index is -0.434. The third-order valence-corrected chi connectivity index (χ3v) is 3.60. The molecule has 7 heteroatoms. The molecule has 2 aromatic rings. The van der Waals surface area contributed by atoms with E-state index in [-0.39, 0.29) is 0 Å². The SMILES string of the molecule is CCOC(=O)c1cc(N)cnc1NCc1scnc1C. The van der Waals surface area contributed by atoms with E-state index < -0.39 is 5.97 Å². The predicted molar refractivity (Wildman–Crippen MR) is 78.8 cm³/mol. The Morgan fingerprint density at radius 3 is 2.95 bits per heavy atom. The first-order valence-corrected chi connectivity index (χ1v) is 7.05. The topological polar surface area (TPSA) is 90.1 Å². The van der Waals surface area contributed by atoms with Gasteiger partial charge in [0.1, 0.15) is 11.4 Å². The van der Waals surface area contributed by atoms with E-state index in [1.165, 1.54) is 6.20 Å². The summed E-state index contributed by atoms with van der Waals surface area (Å²) in [6.07, 6.45) is 1.50. The maximum atomic E-state index is 11.9. The molecule has 2 aromatic heterocycles. The van der Waals surface area contributed by atoms with Crippen LogP contribution in [0.5, 0.6) is 0 Å². The zero-order chi connectivity index (χ0) is 14.5. The number of hydrogen-bond acceptors (Lipinski definition) is 7. The van der Waals surface area contributed by atoms with Crippen molar-refractivity contribution in [2.24, 2.45) is 0 Å². The van der Waals surface area contributed by atoms with Crippen LogP contribution >= 0.6 is 11.3 Å². The Morgan fingerprint density at radius 2 is 2.30 bits per heavy atom. The van der Waals surface area contributed by atoms with Crippen molar-refractivity contribution in [3.05, 3.63) is 33.9 Å². The first kappa shape index (κ1) is 14.3. The van der Waals surface area contributed by atoms with Crippen LogP contribution in [0.4, 0.5) is 11.5 Å². The summed E-state index contributed by atoms with van der Waals surface area (Å²) >= 11 is 1.55. The van der Waals surface area contributed by atoms with Crippen LogP contribution in [0.25, 0.3) is 0 Å². The molecule has 0 aromatic carbocycles. The quantitative estimate of drug-likeness (QED) is 0.821. The molecule has 0 aliphatic heterocycles. The number of aryl methyl sites for hydroxylation is 1. The molecule has 3 N–H and O–H groups in total. The van der Waals surface area contributed by atoms with Gasteiger partial charge in [-0.15, -0.1) is 11.3 Å². The number of nitrogens with one attached hydrogen (secondary N) is 1. The van der Waals surface area contributed by atoms with Crippen molar-refractivity contribution in [1.29, 1.82) is 0 Å². The highest BCUT2D eigenvalue weighted by molar-refractivity contribution is 7.09. The number of rotatable bonds is 5. The molecule has 2 rings (SSSR count). The highest BCUT2D eigenvalue weighted by atomic mass is 32.1. The molecule has 0 saturated carbocycles. The summed E-state index contributed by atoms with van der Waals surface area (Å²) in [4.78, 5) is 21.3. The van der Waals surface area contributed by atoms with Crippen LogP contribution in [0.1, 0.15) is 27.9 Å². The van der Waals surface area contributed by atoms with Gasteiger partial charge in [0.15, 0.2) is 0 Å². The molecule has 0 spiro atoms. The highest BCUT2D eigenvalue weighted by Crippen LogP contribution is 2.19. The Kier molecular flexibility index (Phi) is 4.52. The average Bonchev–Trinajstić information content (AvgIpc) is 2.83. The lowest BCUT2D eigenvalue weighted by Gasteiger charge is -2.10. The van der Waals surface area contributed by atoms with E-state index >= 15 is 0 Å². The van der Waals surface area contributed by atoms with Gasteiger partial charge < -0.3 is 15.8 Å². The summed E-state index contributed by atoms with van der Waals surface area (Å²) in [6.45, 7) is 4.56. The lowest BCUT2D eigenvalue weighted by Crippen LogP contribution is -2.12. The van der Waals surface area contributed by atoms with Crippen molar-refractivity contribution < 1.29 is 9.53 Å². The molecule has 0 aliphatic carbocycles. The van der Waals surface area contributed by atoms with Gasteiger partial charge in [-0.1, -0.05) is 0 Å². The van der Waals surface area contributed by atoms with E-state index in [1.807, 2.05) is 6.92 Å². The number of nitrogens with zero attached hydrogens (tertiary/aromatic N) is 2. The van der Waals surface area contributed by atoms with E-state index in [0.29, 0.717) is 30.2 Å². The summed E-state index contributed by atoms with van der Waals surface area (Å²) in [5.74, 6) is 0.0290. The summed E-state index contributed by atoms with van der Waals surface area (Å²) in [6, 6.07) is 1.56. The first-order valence-electron chi connectivity index (χ1n) is 6.17. The van der Waals surface area contributed by atoms with Gasteiger partial charge in [-0.25, -0.2) is 14.8 Å². The molecule has 0 radical (unpaired) electrons. The van der Waals surface area contributed by atoms with E-state index in [4.69, 9.17) is 10.5 Å². The number of nitrogen functional groups attached to an aromatic ring is 1. The van der Waals surface area contributed by atoms with Crippen molar-refractivity contribution in [2.75, 3.05) is 17.7 Å². The van der Waals surface area contributed by atoms with Crippen LogP contribution in [0.3, 0.4) is 0 Å².